The highest BCUT2D eigenvalue weighted by Gasteiger charge is 2.29. The number of aromatic nitrogens is 1. The fraction of sp³-hybridized carbons (Fsp3) is 0.407. The molecular formula is C27H35N5O. The summed E-state index contributed by atoms with van der Waals surface area (Å²) in [4.78, 5) is 22.2. The Labute approximate surface area is 196 Å². The quantitative estimate of drug-likeness (QED) is 0.349. The second-order valence-corrected chi connectivity index (χ2v) is 8.78. The molecule has 0 saturated carbocycles. The summed E-state index contributed by atoms with van der Waals surface area (Å²) in [5.41, 5.74) is 5.20. The number of hydrogen-bond donors (Lipinski definition) is 3. The lowest BCUT2D eigenvalue weighted by Crippen LogP contribution is -2.41. The number of nitrogens with one attached hydrogen (secondary N) is 3. The molecule has 2 aromatic carbocycles. The van der Waals surface area contributed by atoms with Gasteiger partial charge in [0, 0.05) is 62.7 Å². The first-order valence-electron chi connectivity index (χ1n) is 12.0. The zero-order chi connectivity index (χ0) is 23.0. The Morgan fingerprint density at radius 2 is 1.94 bits per heavy atom. The highest BCUT2D eigenvalue weighted by molar-refractivity contribution is 5.86. The van der Waals surface area contributed by atoms with Crippen molar-refractivity contribution in [2.24, 2.45) is 10.9 Å². The summed E-state index contributed by atoms with van der Waals surface area (Å²) in [5.74, 6) is 1.36. The Kier molecular flexibility index (Phi) is 7.66. The van der Waals surface area contributed by atoms with Gasteiger partial charge < -0.3 is 20.5 Å². The molecule has 6 heteroatoms. The van der Waals surface area contributed by atoms with E-state index in [1.54, 1.807) is 7.05 Å². The summed E-state index contributed by atoms with van der Waals surface area (Å²) in [6, 6.07) is 16.9. The van der Waals surface area contributed by atoms with E-state index in [1.807, 2.05) is 23.1 Å². The minimum absolute atomic E-state index is 0.256. The van der Waals surface area contributed by atoms with Gasteiger partial charge in [-0.25, -0.2) is 0 Å². The van der Waals surface area contributed by atoms with Gasteiger partial charge in [0.1, 0.15) is 0 Å². The maximum Gasteiger partial charge on any atom is 0.223 e. The largest absolute Gasteiger partial charge is 0.361 e. The molecule has 33 heavy (non-hydrogen) atoms. The second-order valence-electron chi connectivity index (χ2n) is 8.78. The molecule has 0 bridgehead atoms. The van der Waals surface area contributed by atoms with E-state index in [1.165, 1.54) is 27.6 Å². The number of aliphatic imine (C=N–C) groups is 1. The van der Waals surface area contributed by atoms with Crippen molar-refractivity contribution >= 4 is 22.8 Å². The zero-order valence-electron chi connectivity index (χ0n) is 19.7. The number of amides is 1. The van der Waals surface area contributed by atoms with E-state index in [9.17, 15) is 4.79 Å². The van der Waals surface area contributed by atoms with Crippen molar-refractivity contribution in [2.45, 2.75) is 32.6 Å². The maximum absolute atomic E-state index is 12.4. The van der Waals surface area contributed by atoms with Crippen LogP contribution in [0.4, 0.5) is 0 Å². The number of H-pyrrole nitrogens is 1. The van der Waals surface area contributed by atoms with E-state index in [4.69, 9.17) is 0 Å². The highest BCUT2D eigenvalue weighted by atomic mass is 16.2. The third kappa shape index (κ3) is 5.75. The van der Waals surface area contributed by atoms with Gasteiger partial charge in [-0.1, -0.05) is 55.5 Å². The van der Waals surface area contributed by atoms with Gasteiger partial charge >= 0.3 is 0 Å². The average Bonchev–Trinajstić information content (AvgIpc) is 3.43. The number of para-hydroxylation sites is 1. The molecule has 1 amide bonds. The first-order valence-corrected chi connectivity index (χ1v) is 12.0. The van der Waals surface area contributed by atoms with Crippen LogP contribution in [0.3, 0.4) is 0 Å². The molecule has 0 aliphatic carbocycles. The number of benzene rings is 2. The fourth-order valence-electron chi connectivity index (χ4n) is 4.67. The van der Waals surface area contributed by atoms with Gasteiger partial charge in [0.2, 0.25) is 5.91 Å². The number of aromatic amines is 1. The predicted molar refractivity (Wildman–Crippen MR) is 136 cm³/mol. The third-order valence-corrected chi connectivity index (χ3v) is 6.54. The molecule has 1 atom stereocenters. The van der Waals surface area contributed by atoms with Crippen LogP contribution in [0, 0.1) is 5.92 Å². The van der Waals surface area contributed by atoms with Crippen molar-refractivity contribution in [3.05, 3.63) is 71.4 Å². The zero-order valence-corrected chi connectivity index (χ0v) is 19.7. The molecule has 3 N–H and O–H groups in total. The van der Waals surface area contributed by atoms with Crippen molar-refractivity contribution in [1.82, 2.24) is 20.5 Å². The van der Waals surface area contributed by atoms with Crippen LogP contribution in [-0.2, 0) is 24.1 Å². The first-order chi connectivity index (χ1) is 16.2. The van der Waals surface area contributed by atoms with E-state index in [0.29, 0.717) is 12.3 Å². The van der Waals surface area contributed by atoms with E-state index in [2.05, 4.69) is 64.1 Å². The molecule has 1 aromatic heterocycles. The molecule has 1 saturated heterocycles. The summed E-state index contributed by atoms with van der Waals surface area (Å²) in [5, 5.41) is 8.14. The molecule has 1 unspecified atom stereocenters. The number of hydrogen-bond acceptors (Lipinski definition) is 2. The van der Waals surface area contributed by atoms with Crippen molar-refractivity contribution in [3.8, 4) is 0 Å². The van der Waals surface area contributed by atoms with Gasteiger partial charge in [-0.05, 0) is 36.0 Å². The third-order valence-electron chi connectivity index (χ3n) is 6.54. The molecule has 6 nitrogen and oxygen atoms in total. The van der Waals surface area contributed by atoms with Crippen LogP contribution in [0.15, 0.2) is 59.7 Å². The van der Waals surface area contributed by atoms with Crippen LogP contribution < -0.4 is 10.6 Å². The molecule has 174 valence electrons. The number of carbonyl (C=O) groups is 1. The SMILES string of the molecule is CCc1cccc2c(CCNC(=NC)NCC3CC(=O)N(CCc4ccccc4)C3)c[nH]c12. The number of rotatable bonds is 9. The lowest BCUT2D eigenvalue weighted by molar-refractivity contribution is -0.127. The van der Waals surface area contributed by atoms with Crippen molar-refractivity contribution in [3.63, 3.8) is 0 Å². The summed E-state index contributed by atoms with van der Waals surface area (Å²) in [7, 11) is 1.79. The molecule has 0 radical (unpaired) electrons. The minimum Gasteiger partial charge on any atom is -0.361 e. The van der Waals surface area contributed by atoms with Gasteiger partial charge in [-0.15, -0.1) is 0 Å². The van der Waals surface area contributed by atoms with Gasteiger partial charge in [0.15, 0.2) is 5.96 Å². The topological polar surface area (TPSA) is 72.5 Å². The van der Waals surface area contributed by atoms with Gasteiger partial charge in [0.25, 0.3) is 0 Å². The standard InChI is InChI=1S/C27H35N5O/c1-3-22-10-7-11-24-23(18-30-26(22)24)12-14-29-27(28-2)31-17-21-16-25(33)32(19-21)15-13-20-8-5-4-6-9-20/h4-11,18,21,30H,3,12-17,19H2,1-2H3,(H2,28,29,31). The van der Waals surface area contributed by atoms with Gasteiger partial charge in [-0.2, -0.15) is 0 Å². The summed E-state index contributed by atoms with van der Waals surface area (Å²) >= 11 is 0. The van der Waals surface area contributed by atoms with Gasteiger partial charge in [0.05, 0.1) is 0 Å². The van der Waals surface area contributed by atoms with E-state index in [-0.39, 0.29) is 5.91 Å². The number of aryl methyl sites for hydroxylation is 1. The molecular weight excluding hydrogens is 410 g/mol. The van der Waals surface area contributed by atoms with Crippen molar-refractivity contribution in [1.29, 1.82) is 0 Å². The predicted octanol–water partition coefficient (Wildman–Crippen LogP) is 3.53. The van der Waals surface area contributed by atoms with Gasteiger partial charge in [-0.3, -0.25) is 9.79 Å². The molecule has 1 aliphatic rings. The van der Waals surface area contributed by atoms with Crippen LogP contribution in [-0.4, -0.2) is 55.0 Å². The van der Waals surface area contributed by atoms with E-state index >= 15 is 0 Å². The molecule has 1 fully saturated rings. The van der Waals surface area contributed by atoms with Crippen LogP contribution in [0.25, 0.3) is 10.9 Å². The molecule has 0 spiro atoms. The Morgan fingerprint density at radius 1 is 1.09 bits per heavy atom. The summed E-state index contributed by atoms with van der Waals surface area (Å²) in [6.45, 7) is 5.34. The second kappa shape index (κ2) is 11.0. The van der Waals surface area contributed by atoms with Crippen LogP contribution in [0.2, 0.25) is 0 Å². The molecule has 1 aliphatic heterocycles. The molecule has 4 rings (SSSR count). The molecule has 2 heterocycles. The number of likely N-dealkylation sites (tertiary alicyclic amines) is 1. The monoisotopic (exact) mass is 445 g/mol. The Morgan fingerprint density at radius 3 is 2.73 bits per heavy atom. The van der Waals surface area contributed by atoms with E-state index < -0.39 is 0 Å². The number of nitrogens with zero attached hydrogens (tertiary/aromatic N) is 2. The Hall–Kier alpha value is -3.28. The minimum atomic E-state index is 0.256. The normalized spacial score (nSPS) is 16.5. The number of carbonyl (C=O) groups excluding carboxylic acids is 1. The Balaban J connectivity index is 1.21. The van der Waals surface area contributed by atoms with Crippen LogP contribution >= 0.6 is 0 Å². The number of fused-ring (bicyclic) bond motifs is 1. The summed E-state index contributed by atoms with van der Waals surface area (Å²) in [6.07, 6.45) is 5.58. The van der Waals surface area contributed by atoms with Crippen LogP contribution in [0.1, 0.15) is 30.0 Å². The fourth-order valence-corrected chi connectivity index (χ4v) is 4.67. The van der Waals surface area contributed by atoms with Crippen molar-refractivity contribution in [2.75, 3.05) is 33.2 Å². The number of guanidine groups is 1. The van der Waals surface area contributed by atoms with Crippen LogP contribution in [0.5, 0.6) is 0 Å². The summed E-state index contributed by atoms with van der Waals surface area (Å²) < 4.78 is 0. The highest BCUT2D eigenvalue weighted by Crippen LogP contribution is 2.22. The first kappa shape index (κ1) is 22.9. The van der Waals surface area contributed by atoms with E-state index in [0.717, 1.165) is 51.4 Å². The van der Waals surface area contributed by atoms with Crippen molar-refractivity contribution < 1.29 is 4.79 Å². The molecule has 3 aromatic rings. The maximum atomic E-state index is 12.4. The lowest BCUT2D eigenvalue weighted by atomic mass is 10.1. The smallest absolute Gasteiger partial charge is 0.223 e. The Bertz CT molecular complexity index is 1090. The average molecular weight is 446 g/mol. The lowest BCUT2D eigenvalue weighted by Gasteiger charge is -2.18.